The van der Waals surface area contributed by atoms with Crippen LogP contribution in [-0.4, -0.2) is 36.3 Å². The second kappa shape index (κ2) is 7.34. The van der Waals surface area contributed by atoms with Gasteiger partial charge in [0.05, 0.1) is 13.2 Å². The number of hydrogen-bond acceptors (Lipinski definition) is 4. The van der Waals surface area contributed by atoms with Gasteiger partial charge in [-0.3, -0.25) is 0 Å². The van der Waals surface area contributed by atoms with Gasteiger partial charge < -0.3 is 15.2 Å². The van der Waals surface area contributed by atoms with Crippen molar-refractivity contribution >= 4 is 11.8 Å². The number of thioether (sulfide) groups is 1. The van der Waals surface area contributed by atoms with Crippen molar-refractivity contribution in [2.45, 2.75) is 36.5 Å². The van der Waals surface area contributed by atoms with E-state index in [0.29, 0.717) is 11.3 Å². The standard InChI is InChI=1S/C16H25NO2S/c1-19-14-7-5-13(6-8-14)15(18)11-17-12-16(20-2)9-3-4-10-16/h5-8,15,17-18H,3-4,9-12H2,1-2H3. The molecule has 1 unspecified atom stereocenters. The molecule has 0 radical (unpaired) electrons. The highest BCUT2D eigenvalue weighted by Crippen LogP contribution is 2.39. The van der Waals surface area contributed by atoms with Crippen LogP contribution >= 0.6 is 11.8 Å². The van der Waals surface area contributed by atoms with Crippen LogP contribution in [0.4, 0.5) is 0 Å². The van der Waals surface area contributed by atoms with E-state index >= 15 is 0 Å². The van der Waals surface area contributed by atoms with Crippen molar-refractivity contribution in [3.8, 4) is 5.75 Å². The monoisotopic (exact) mass is 295 g/mol. The largest absolute Gasteiger partial charge is 0.497 e. The molecule has 1 saturated carbocycles. The van der Waals surface area contributed by atoms with Gasteiger partial charge in [0.25, 0.3) is 0 Å². The maximum absolute atomic E-state index is 10.2. The third-order valence-electron chi connectivity index (χ3n) is 4.23. The summed E-state index contributed by atoms with van der Waals surface area (Å²) in [5.74, 6) is 0.821. The Kier molecular flexibility index (Phi) is 5.75. The van der Waals surface area contributed by atoms with E-state index in [0.717, 1.165) is 17.9 Å². The van der Waals surface area contributed by atoms with Gasteiger partial charge in [0.2, 0.25) is 0 Å². The van der Waals surface area contributed by atoms with Crippen LogP contribution in [0.3, 0.4) is 0 Å². The number of rotatable bonds is 7. The van der Waals surface area contributed by atoms with Crippen LogP contribution in [-0.2, 0) is 0 Å². The van der Waals surface area contributed by atoms with Crippen LogP contribution in [0.5, 0.6) is 5.75 Å². The smallest absolute Gasteiger partial charge is 0.118 e. The minimum Gasteiger partial charge on any atom is -0.497 e. The summed E-state index contributed by atoms with van der Waals surface area (Å²) in [7, 11) is 1.65. The fraction of sp³-hybridized carbons (Fsp3) is 0.625. The summed E-state index contributed by atoms with van der Waals surface area (Å²) in [4.78, 5) is 0. The number of benzene rings is 1. The van der Waals surface area contributed by atoms with Crippen molar-refractivity contribution in [2.24, 2.45) is 0 Å². The summed E-state index contributed by atoms with van der Waals surface area (Å²) in [5.41, 5.74) is 0.933. The average molecular weight is 295 g/mol. The third kappa shape index (κ3) is 3.90. The molecule has 2 rings (SSSR count). The highest BCUT2D eigenvalue weighted by molar-refractivity contribution is 8.00. The number of nitrogens with one attached hydrogen (secondary N) is 1. The van der Waals surface area contributed by atoms with E-state index < -0.39 is 6.10 Å². The number of methoxy groups -OCH3 is 1. The van der Waals surface area contributed by atoms with Crippen molar-refractivity contribution in [1.82, 2.24) is 5.32 Å². The van der Waals surface area contributed by atoms with Crippen LogP contribution in [0.1, 0.15) is 37.4 Å². The van der Waals surface area contributed by atoms with Crippen molar-refractivity contribution in [3.63, 3.8) is 0 Å². The highest BCUT2D eigenvalue weighted by atomic mass is 32.2. The first-order chi connectivity index (χ1) is 9.69. The summed E-state index contributed by atoms with van der Waals surface area (Å²) in [6.07, 6.45) is 7.00. The van der Waals surface area contributed by atoms with E-state index in [1.807, 2.05) is 36.0 Å². The van der Waals surface area contributed by atoms with E-state index in [2.05, 4.69) is 11.6 Å². The molecule has 0 spiro atoms. The van der Waals surface area contributed by atoms with Gasteiger partial charge in [-0.2, -0.15) is 11.8 Å². The first-order valence-electron chi connectivity index (χ1n) is 7.27. The van der Waals surface area contributed by atoms with Crippen LogP contribution in [0, 0.1) is 0 Å². The van der Waals surface area contributed by atoms with E-state index in [1.54, 1.807) is 7.11 Å². The molecule has 0 bridgehead atoms. The van der Waals surface area contributed by atoms with Crippen molar-refractivity contribution in [1.29, 1.82) is 0 Å². The zero-order valence-electron chi connectivity index (χ0n) is 12.4. The van der Waals surface area contributed by atoms with Crippen LogP contribution in [0.15, 0.2) is 24.3 Å². The highest BCUT2D eigenvalue weighted by Gasteiger charge is 2.32. The molecule has 2 N–H and O–H groups in total. The Morgan fingerprint density at radius 3 is 2.50 bits per heavy atom. The molecule has 4 heteroatoms. The second-order valence-electron chi connectivity index (χ2n) is 5.51. The number of hydrogen-bond donors (Lipinski definition) is 2. The molecule has 0 saturated heterocycles. The zero-order valence-corrected chi connectivity index (χ0v) is 13.2. The fourth-order valence-corrected chi connectivity index (χ4v) is 3.80. The summed E-state index contributed by atoms with van der Waals surface area (Å²) in [5, 5.41) is 13.6. The molecule has 1 atom stereocenters. The Hall–Kier alpha value is -0.710. The molecule has 1 aliphatic rings. The fourth-order valence-electron chi connectivity index (χ4n) is 2.85. The van der Waals surface area contributed by atoms with Crippen molar-refractivity contribution in [3.05, 3.63) is 29.8 Å². The number of ether oxygens (including phenoxy) is 1. The Bertz CT molecular complexity index is 401. The molecule has 1 fully saturated rings. The molecular formula is C16H25NO2S. The molecule has 112 valence electrons. The quantitative estimate of drug-likeness (QED) is 0.811. The normalized spacial score (nSPS) is 18.9. The minimum atomic E-state index is -0.457. The van der Waals surface area contributed by atoms with Gasteiger partial charge in [-0.1, -0.05) is 25.0 Å². The molecule has 0 heterocycles. The average Bonchev–Trinajstić information content (AvgIpc) is 2.96. The van der Waals surface area contributed by atoms with Crippen LogP contribution < -0.4 is 10.1 Å². The van der Waals surface area contributed by atoms with Gasteiger partial charge in [-0.15, -0.1) is 0 Å². The predicted octanol–water partition coefficient (Wildman–Crippen LogP) is 2.99. The molecule has 0 aromatic heterocycles. The predicted molar refractivity (Wildman–Crippen MR) is 85.5 cm³/mol. The van der Waals surface area contributed by atoms with Crippen molar-refractivity contribution in [2.75, 3.05) is 26.5 Å². The lowest BCUT2D eigenvalue weighted by atomic mass is 10.1. The SMILES string of the molecule is COc1ccc(C(O)CNCC2(SC)CCCC2)cc1. The minimum absolute atomic E-state index is 0.389. The maximum atomic E-state index is 10.2. The Morgan fingerprint density at radius 2 is 1.95 bits per heavy atom. The lowest BCUT2D eigenvalue weighted by Gasteiger charge is -2.27. The van der Waals surface area contributed by atoms with E-state index in [-0.39, 0.29) is 0 Å². The lowest BCUT2D eigenvalue weighted by molar-refractivity contribution is 0.173. The van der Waals surface area contributed by atoms with E-state index in [9.17, 15) is 5.11 Å². The van der Waals surface area contributed by atoms with E-state index in [1.165, 1.54) is 25.7 Å². The van der Waals surface area contributed by atoms with Crippen LogP contribution in [0.2, 0.25) is 0 Å². The van der Waals surface area contributed by atoms with Gasteiger partial charge in [-0.25, -0.2) is 0 Å². The van der Waals surface area contributed by atoms with Gasteiger partial charge in [0.1, 0.15) is 5.75 Å². The number of aliphatic hydroxyl groups is 1. The second-order valence-corrected chi connectivity index (χ2v) is 6.79. The first-order valence-corrected chi connectivity index (χ1v) is 8.49. The molecule has 1 aromatic carbocycles. The van der Waals surface area contributed by atoms with Crippen LogP contribution in [0.25, 0.3) is 0 Å². The molecule has 0 aliphatic heterocycles. The van der Waals surface area contributed by atoms with Gasteiger partial charge in [0, 0.05) is 17.8 Å². The summed E-state index contributed by atoms with van der Waals surface area (Å²) >= 11 is 1.97. The summed E-state index contributed by atoms with van der Waals surface area (Å²) in [6.45, 7) is 1.59. The third-order valence-corrected chi connectivity index (χ3v) is 5.65. The van der Waals surface area contributed by atoms with Crippen molar-refractivity contribution < 1.29 is 9.84 Å². The van der Waals surface area contributed by atoms with E-state index in [4.69, 9.17) is 4.74 Å². The molecule has 20 heavy (non-hydrogen) atoms. The Balaban J connectivity index is 1.80. The molecule has 3 nitrogen and oxygen atoms in total. The summed E-state index contributed by atoms with van der Waals surface area (Å²) in [6, 6.07) is 7.62. The summed E-state index contributed by atoms with van der Waals surface area (Å²) < 4.78 is 5.51. The zero-order chi connectivity index (χ0) is 14.4. The topological polar surface area (TPSA) is 41.5 Å². The Morgan fingerprint density at radius 1 is 1.30 bits per heavy atom. The Labute approximate surface area is 126 Å². The lowest BCUT2D eigenvalue weighted by Crippen LogP contribution is -2.37. The molecule has 0 amide bonds. The van der Waals surface area contributed by atoms with Gasteiger partial charge in [0.15, 0.2) is 0 Å². The number of aliphatic hydroxyl groups excluding tert-OH is 1. The molecule has 1 aromatic rings. The van der Waals surface area contributed by atoms with Gasteiger partial charge >= 0.3 is 0 Å². The molecular weight excluding hydrogens is 270 g/mol. The first kappa shape index (κ1) is 15.7. The molecule has 1 aliphatic carbocycles. The van der Waals surface area contributed by atoms with Gasteiger partial charge in [-0.05, 0) is 36.8 Å². The maximum Gasteiger partial charge on any atom is 0.118 e.